The van der Waals surface area contributed by atoms with Crippen molar-refractivity contribution >= 4 is 17.1 Å². The van der Waals surface area contributed by atoms with Gasteiger partial charge in [-0.25, -0.2) is 9.78 Å². The van der Waals surface area contributed by atoms with Crippen molar-refractivity contribution in [3.63, 3.8) is 0 Å². The zero-order valence-corrected chi connectivity index (χ0v) is 14.7. The number of rotatable bonds is 3. The van der Waals surface area contributed by atoms with E-state index in [9.17, 15) is 9.90 Å². The molecule has 0 aliphatic carbocycles. The van der Waals surface area contributed by atoms with Crippen LogP contribution in [0.3, 0.4) is 0 Å². The van der Waals surface area contributed by atoms with Gasteiger partial charge in [-0.3, -0.25) is 0 Å². The van der Waals surface area contributed by atoms with Gasteiger partial charge in [0.2, 0.25) is 0 Å². The van der Waals surface area contributed by atoms with E-state index in [1.54, 1.807) is 0 Å². The summed E-state index contributed by atoms with van der Waals surface area (Å²) in [7, 11) is 0. The fourth-order valence-corrected chi connectivity index (χ4v) is 3.22. The van der Waals surface area contributed by atoms with E-state index in [2.05, 4.69) is 27.9 Å². The number of benzene rings is 1. The molecule has 1 aromatic heterocycles. The minimum atomic E-state index is -0.511. The van der Waals surface area contributed by atoms with Crippen LogP contribution < -0.4 is 5.32 Å². The Bertz CT molecular complexity index is 774. The number of aryl methyl sites for hydroxylation is 1. The monoisotopic (exact) mass is 331 g/mol. The van der Waals surface area contributed by atoms with Gasteiger partial charge in [-0.1, -0.05) is 13.0 Å². The third kappa shape index (κ3) is 3.24. The van der Waals surface area contributed by atoms with Gasteiger partial charge in [-0.05, 0) is 50.3 Å². The number of ether oxygens (including phenoxy) is 1. The number of hydrogen-bond acceptors (Lipinski definition) is 4. The predicted octanol–water partition coefficient (Wildman–Crippen LogP) is 3.06. The lowest BCUT2D eigenvalue weighted by atomic mass is 9.92. The first-order chi connectivity index (χ1) is 11.3. The van der Waals surface area contributed by atoms with E-state index in [1.165, 1.54) is 5.56 Å². The maximum Gasteiger partial charge on any atom is 0.407 e. The van der Waals surface area contributed by atoms with Crippen molar-refractivity contribution in [1.29, 1.82) is 0 Å². The van der Waals surface area contributed by atoms with Gasteiger partial charge in [-0.15, -0.1) is 0 Å². The number of alkyl carbamates (subject to hydrolysis) is 1. The number of aromatic nitrogens is 2. The highest BCUT2D eigenvalue weighted by Gasteiger charge is 2.23. The second kappa shape index (κ2) is 6.09. The molecule has 1 aromatic carbocycles. The molecule has 2 aromatic rings. The standard InChI is InChI=1S/C18H25N3O3/c1-11-5-6-21-15(10-22)20-14-8-12(7-13(11)16(14)21)9-19-17(23)24-18(2,3)4/h7-8,11,22H,5-6,9-10H2,1-4H3,(H,19,23). The van der Waals surface area contributed by atoms with Crippen molar-refractivity contribution in [3.05, 3.63) is 29.1 Å². The number of nitrogens with one attached hydrogen (secondary N) is 1. The maximum atomic E-state index is 11.8. The number of hydrogen-bond donors (Lipinski definition) is 2. The first-order valence-corrected chi connectivity index (χ1v) is 8.38. The summed E-state index contributed by atoms with van der Waals surface area (Å²) >= 11 is 0. The zero-order chi connectivity index (χ0) is 17.5. The molecule has 2 N–H and O–H groups in total. The zero-order valence-electron chi connectivity index (χ0n) is 14.7. The van der Waals surface area contributed by atoms with Crippen LogP contribution >= 0.6 is 0 Å². The Hall–Kier alpha value is -2.08. The van der Waals surface area contributed by atoms with E-state index in [4.69, 9.17) is 4.74 Å². The molecule has 1 amide bonds. The van der Waals surface area contributed by atoms with Crippen LogP contribution in [0, 0.1) is 0 Å². The van der Waals surface area contributed by atoms with Crippen molar-refractivity contribution < 1.29 is 14.6 Å². The molecular formula is C18H25N3O3. The molecular weight excluding hydrogens is 306 g/mol. The number of imidazole rings is 1. The van der Waals surface area contributed by atoms with Gasteiger partial charge in [-0.2, -0.15) is 0 Å². The Labute approximate surface area is 141 Å². The van der Waals surface area contributed by atoms with E-state index in [0.717, 1.165) is 29.6 Å². The van der Waals surface area contributed by atoms with Crippen LogP contribution in [0.1, 0.15) is 57.0 Å². The fraction of sp³-hybridized carbons (Fsp3) is 0.556. The number of aliphatic hydroxyl groups is 1. The lowest BCUT2D eigenvalue weighted by Crippen LogP contribution is -2.32. The molecule has 0 bridgehead atoms. The Morgan fingerprint density at radius 3 is 2.88 bits per heavy atom. The highest BCUT2D eigenvalue weighted by Crippen LogP contribution is 2.34. The van der Waals surface area contributed by atoms with Crippen molar-refractivity contribution in [2.24, 2.45) is 0 Å². The number of amides is 1. The van der Waals surface area contributed by atoms with Crippen LogP contribution in [0.25, 0.3) is 11.0 Å². The van der Waals surface area contributed by atoms with E-state index < -0.39 is 11.7 Å². The quantitative estimate of drug-likeness (QED) is 0.906. The molecule has 0 fully saturated rings. The van der Waals surface area contributed by atoms with E-state index in [1.807, 2.05) is 26.8 Å². The number of carbonyl (C=O) groups is 1. The molecule has 130 valence electrons. The topological polar surface area (TPSA) is 76.4 Å². The summed E-state index contributed by atoms with van der Waals surface area (Å²) in [4.78, 5) is 16.4. The molecule has 6 heteroatoms. The molecule has 1 unspecified atom stereocenters. The Morgan fingerprint density at radius 1 is 1.46 bits per heavy atom. The minimum Gasteiger partial charge on any atom is -0.444 e. The molecule has 0 saturated carbocycles. The third-order valence-corrected chi connectivity index (χ3v) is 4.30. The van der Waals surface area contributed by atoms with Gasteiger partial charge in [0.05, 0.1) is 11.0 Å². The second-order valence-electron chi connectivity index (χ2n) is 7.44. The summed E-state index contributed by atoms with van der Waals surface area (Å²) in [6, 6.07) is 4.10. The predicted molar refractivity (Wildman–Crippen MR) is 91.8 cm³/mol. The highest BCUT2D eigenvalue weighted by atomic mass is 16.6. The second-order valence-corrected chi connectivity index (χ2v) is 7.44. The maximum absolute atomic E-state index is 11.8. The number of carbonyl (C=O) groups excluding carboxylic acids is 1. The third-order valence-electron chi connectivity index (χ3n) is 4.30. The first kappa shape index (κ1) is 16.8. The van der Waals surface area contributed by atoms with E-state index in [0.29, 0.717) is 18.3 Å². The molecule has 2 heterocycles. The van der Waals surface area contributed by atoms with Gasteiger partial charge in [0.1, 0.15) is 18.0 Å². The van der Waals surface area contributed by atoms with Gasteiger partial charge in [0.25, 0.3) is 0 Å². The lowest BCUT2D eigenvalue weighted by molar-refractivity contribution is 0.0523. The Kier molecular flexibility index (Phi) is 4.25. The normalized spacial score (nSPS) is 17.1. The summed E-state index contributed by atoms with van der Waals surface area (Å²) in [6.45, 7) is 8.94. The minimum absolute atomic E-state index is 0.0615. The SMILES string of the molecule is CC1CCn2c(CO)nc3cc(CNC(=O)OC(C)(C)C)cc1c32. The summed E-state index contributed by atoms with van der Waals surface area (Å²) in [5, 5.41) is 12.3. The molecule has 0 spiro atoms. The van der Waals surface area contributed by atoms with E-state index >= 15 is 0 Å². The molecule has 0 saturated heterocycles. The van der Waals surface area contributed by atoms with Gasteiger partial charge >= 0.3 is 6.09 Å². The fourth-order valence-electron chi connectivity index (χ4n) is 3.22. The Morgan fingerprint density at radius 2 is 2.21 bits per heavy atom. The van der Waals surface area contributed by atoms with Gasteiger partial charge < -0.3 is 19.7 Å². The molecule has 0 radical (unpaired) electrons. The largest absolute Gasteiger partial charge is 0.444 e. The molecule has 6 nitrogen and oxygen atoms in total. The molecule has 1 aliphatic heterocycles. The smallest absolute Gasteiger partial charge is 0.407 e. The van der Waals surface area contributed by atoms with Crippen LogP contribution in [-0.2, 0) is 24.4 Å². The van der Waals surface area contributed by atoms with Crippen LogP contribution in [0.15, 0.2) is 12.1 Å². The lowest BCUT2D eigenvalue weighted by Gasteiger charge is -2.23. The Balaban J connectivity index is 1.87. The molecule has 3 rings (SSSR count). The summed E-state index contributed by atoms with van der Waals surface area (Å²) in [6.07, 6.45) is 0.597. The van der Waals surface area contributed by atoms with Crippen molar-refractivity contribution in [1.82, 2.24) is 14.9 Å². The summed E-state index contributed by atoms with van der Waals surface area (Å²) < 4.78 is 7.38. The highest BCUT2D eigenvalue weighted by molar-refractivity contribution is 5.82. The van der Waals surface area contributed by atoms with Crippen LogP contribution in [-0.4, -0.2) is 26.4 Å². The summed E-state index contributed by atoms with van der Waals surface area (Å²) in [5.74, 6) is 1.14. The van der Waals surface area contributed by atoms with Crippen LogP contribution in [0.4, 0.5) is 4.79 Å². The van der Waals surface area contributed by atoms with Crippen LogP contribution in [0.5, 0.6) is 0 Å². The number of aliphatic hydroxyl groups excluding tert-OH is 1. The van der Waals surface area contributed by atoms with Crippen molar-refractivity contribution in [3.8, 4) is 0 Å². The van der Waals surface area contributed by atoms with E-state index in [-0.39, 0.29) is 6.61 Å². The average Bonchev–Trinajstić information content (AvgIpc) is 2.85. The molecule has 1 atom stereocenters. The number of nitrogens with zero attached hydrogens (tertiary/aromatic N) is 2. The first-order valence-electron chi connectivity index (χ1n) is 8.38. The molecule has 1 aliphatic rings. The van der Waals surface area contributed by atoms with Crippen LogP contribution in [0.2, 0.25) is 0 Å². The molecule has 24 heavy (non-hydrogen) atoms. The van der Waals surface area contributed by atoms with Crippen molar-refractivity contribution in [2.45, 2.75) is 65.3 Å². The van der Waals surface area contributed by atoms with Crippen molar-refractivity contribution in [2.75, 3.05) is 0 Å². The average molecular weight is 331 g/mol. The summed E-state index contributed by atoms with van der Waals surface area (Å²) in [5.41, 5.74) is 3.70. The van der Waals surface area contributed by atoms with Gasteiger partial charge in [0.15, 0.2) is 0 Å². The van der Waals surface area contributed by atoms with Gasteiger partial charge in [0, 0.05) is 13.1 Å².